The van der Waals surface area contributed by atoms with Gasteiger partial charge < -0.3 is 14.5 Å². The van der Waals surface area contributed by atoms with E-state index in [4.69, 9.17) is 4.74 Å². The third-order valence-corrected chi connectivity index (χ3v) is 4.09. The molecule has 5 heteroatoms. The van der Waals surface area contributed by atoms with Crippen molar-refractivity contribution in [3.8, 4) is 0 Å². The summed E-state index contributed by atoms with van der Waals surface area (Å²) >= 11 is 0. The topological polar surface area (TPSA) is 49.9 Å². The van der Waals surface area contributed by atoms with Crippen molar-refractivity contribution in [2.45, 2.75) is 20.0 Å². The molecule has 0 aliphatic carbocycles. The van der Waals surface area contributed by atoms with Crippen LogP contribution < -0.4 is 0 Å². The zero-order chi connectivity index (χ0) is 19.1. The number of hydrogen-bond donors (Lipinski definition) is 0. The van der Waals surface area contributed by atoms with Crippen molar-refractivity contribution >= 4 is 11.9 Å². The summed E-state index contributed by atoms with van der Waals surface area (Å²) < 4.78 is 4.72. The van der Waals surface area contributed by atoms with Crippen LogP contribution in [0.15, 0.2) is 48.5 Å². The van der Waals surface area contributed by atoms with Gasteiger partial charge in [-0.05, 0) is 50.3 Å². The van der Waals surface area contributed by atoms with Gasteiger partial charge in [0, 0.05) is 25.2 Å². The Morgan fingerprint density at radius 2 is 1.50 bits per heavy atom. The van der Waals surface area contributed by atoms with Crippen LogP contribution in [0.25, 0.3) is 0 Å². The van der Waals surface area contributed by atoms with Crippen LogP contribution in [0.2, 0.25) is 0 Å². The minimum Gasteiger partial charge on any atom is -0.465 e. The van der Waals surface area contributed by atoms with Gasteiger partial charge in [-0.2, -0.15) is 0 Å². The highest BCUT2D eigenvalue weighted by atomic mass is 16.5. The average Bonchev–Trinajstić information content (AvgIpc) is 2.65. The number of amides is 1. The second-order valence-corrected chi connectivity index (χ2v) is 6.45. The summed E-state index contributed by atoms with van der Waals surface area (Å²) in [4.78, 5) is 28.4. The summed E-state index contributed by atoms with van der Waals surface area (Å²) in [6.07, 6.45) is 0. The fourth-order valence-electron chi connectivity index (χ4n) is 2.74. The van der Waals surface area contributed by atoms with Crippen molar-refractivity contribution in [3.63, 3.8) is 0 Å². The molecule has 0 aliphatic rings. The van der Waals surface area contributed by atoms with Crippen molar-refractivity contribution in [3.05, 3.63) is 70.8 Å². The smallest absolute Gasteiger partial charge is 0.337 e. The molecule has 1 amide bonds. The quantitative estimate of drug-likeness (QED) is 0.717. The zero-order valence-electron chi connectivity index (χ0n) is 15.9. The number of ether oxygens (including phenoxy) is 1. The van der Waals surface area contributed by atoms with Gasteiger partial charge in [0.05, 0.1) is 12.7 Å². The van der Waals surface area contributed by atoms with E-state index >= 15 is 0 Å². The summed E-state index contributed by atoms with van der Waals surface area (Å²) in [6, 6.07) is 14.9. The van der Waals surface area contributed by atoms with Crippen molar-refractivity contribution in [1.29, 1.82) is 0 Å². The lowest BCUT2D eigenvalue weighted by atomic mass is 10.1. The maximum atomic E-state index is 12.8. The predicted molar refractivity (Wildman–Crippen MR) is 102 cm³/mol. The number of nitrogens with zero attached hydrogens (tertiary/aromatic N) is 2. The summed E-state index contributed by atoms with van der Waals surface area (Å²) in [6.45, 7) is 3.94. The van der Waals surface area contributed by atoms with Gasteiger partial charge in [-0.3, -0.25) is 4.79 Å². The number of methoxy groups -OCH3 is 1. The number of hydrogen-bond acceptors (Lipinski definition) is 4. The third-order valence-electron chi connectivity index (χ3n) is 4.09. The Labute approximate surface area is 155 Å². The molecule has 2 aromatic rings. The molecule has 0 fully saturated rings. The molecule has 0 spiro atoms. The molecule has 0 saturated carbocycles. The van der Waals surface area contributed by atoms with E-state index in [9.17, 15) is 9.59 Å². The van der Waals surface area contributed by atoms with Crippen LogP contribution in [-0.2, 0) is 17.8 Å². The number of benzene rings is 2. The SMILES string of the molecule is CCN(Cc1ccc(CN(C)C)cc1)C(=O)c1cccc(C(=O)OC)c1. The fraction of sp³-hybridized carbons (Fsp3) is 0.333. The van der Waals surface area contributed by atoms with Crippen LogP contribution in [0, 0.1) is 0 Å². The van der Waals surface area contributed by atoms with Gasteiger partial charge in [0.15, 0.2) is 0 Å². The highest BCUT2D eigenvalue weighted by Crippen LogP contribution is 2.14. The lowest BCUT2D eigenvalue weighted by Crippen LogP contribution is -2.30. The zero-order valence-corrected chi connectivity index (χ0v) is 15.9. The van der Waals surface area contributed by atoms with E-state index in [0.717, 1.165) is 12.1 Å². The number of carbonyl (C=O) groups is 2. The van der Waals surface area contributed by atoms with Gasteiger partial charge in [0.2, 0.25) is 0 Å². The number of esters is 1. The first-order valence-electron chi connectivity index (χ1n) is 8.64. The second-order valence-electron chi connectivity index (χ2n) is 6.45. The van der Waals surface area contributed by atoms with Crippen LogP contribution >= 0.6 is 0 Å². The lowest BCUT2D eigenvalue weighted by Gasteiger charge is -2.21. The van der Waals surface area contributed by atoms with Crippen LogP contribution in [0.5, 0.6) is 0 Å². The Bertz CT molecular complexity index is 754. The minimum absolute atomic E-state index is 0.101. The van der Waals surface area contributed by atoms with E-state index < -0.39 is 5.97 Å². The Kier molecular flexibility index (Phi) is 6.92. The summed E-state index contributed by atoms with van der Waals surface area (Å²) in [5.74, 6) is -0.546. The standard InChI is InChI=1S/C21H26N2O3/c1-5-23(15-17-11-9-16(10-12-17)14-22(2)3)20(24)18-7-6-8-19(13-18)21(25)26-4/h6-13H,5,14-15H2,1-4H3. The third kappa shape index (κ3) is 5.17. The molecule has 0 atom stereocenters. The van der Waals surface area contributed by atoms with Crippen molar-refractivity contribution in [1.82, 2.24) is 9.80 Å². The molecule has 0 heterocycles. The number of carbonyl (C=O) groups excluding carboxylic acids is 2. The Hall–Kier alpha value is -2.66. The van der Waals surface area contributed by atoms with E-state index in [0.29, 0.717) is 24.2 Å². The first-order valence-corrected chi connectivity index (χ1v) is 8.64. The first kappa shape index (κ1) is 19.7. The molecule has 5 nitrogen and oxygen atoms in total. The van der Waals surface area contributed by atoms with Crippen molar-refractivity contribution < 1.29 is 14.3 Å². The summed E-state index contributed by atoms with van der Waals surface area (Å²) in [5, 5.41) is 0. The summed E-state index contributed by atoms with van der Waals surface area (Å²) in [5.41, 5.74) is 3.17. The monoisotopic (exact) mass is 354 g/mol. The molecule has 0 aliphatic heterocycles. The van der Waals surface area contributed by atoms with Gasteiger partial charge in [0.25, 0.3) is 5.91 Å². The molecule has 0 saturated heterocycles. The van der Waals surface area contributed by atoms with Gasteiger partial charge >= 0.3 is 5.97 Å². The average molecular weight is 354 g/mol. The molecule has 26 heavy (non-hydrogen) atoms. The van der Waals surface area contributed by atoms with Crippen LogP contribution in [0.1, 0.15) is 38.8 Å². The molecule has 0 radical (unpaired) electrons. The predicted octanol–water partition coefficient (Wildman–Crippen LogP) is 3.20. The van der Waals surface area contributed by atoms with Gasteiger partial charge in [-0.25, -0.2) is 4.79 Å². The highest BCUT2D eigenvalue weighted by molar-refractivity contribution is 5.97. The summed E-state index contributed by atoms with van der Waals surface area (Å²) in [7, 11) is 5.40. The van der Waals surface area contributed by atoms with Crippen molar-refractivity contribution in [2.75, 3.05) is 27.7 Å². The Balaban J connectivity index is 2.12. The molecule has 2 aromatic carbocycles. The van der Waals surface area contributed by atoms with Gasteiger partial charge in [-0.1, -0.05) is 30.3 Å². The molecular weight excluding hydrogens is 328 g/mol. The Morgan fingerprint density at radius 3 is 2.04 bits per heavy atom. The molecule has 0 N–H and O–H groups in total. The molecule has 2 rings (SSSR count). The molecule has 138 valence electrons. The van der Waals surface area contributed by atoms with Gasteiger partial charge in [-0.15, -0.1) is 0 Å². The molecule has 0 aromatic heterocycles. The molecule has 0 bridgehead atoms. The van der Waals surface area contributed by atoms with Crippen LogP contribution in [0.4, 0.5) is 0 Å². The van der Waals surface area contributed by atoms with Crippen LogP contribution in [-0.4, -0.2) is 49.4 Å². The minimum atomic E-state index is -0.445. The van der Waals surface area contributed by atoms with E-state index in [1.165, 1.54) is 12.7 Å². The maximum absolute atomic E-state index is 12.8. The van der Waals surface area contributed by atoms with E-state index in [1.54, 1.807) is 29.2 Å². The van der Waals surface area contributed by atoms with E-state index in [2.05, 4.69) is 29.2 Å². The number of rotatable bonds is 7. The largest absolute Gasteiger partial charge is 0.465 e. The lowest BCUT2D eigenvalue weighted by molar-refractivity contribution is 0.0600. The highest BCUT2D eigenvalue weighted by Gasteiger charge is 2.16. The molecule has 0 unspecified atom stereocenters. The molecular formula is C21H26N2O3. The van der Waals surface area contributed by atoms with E-state index in [-0.39, 0.29) is 5.91 Å². The normalized spacial score (nSPS) is 10.7. The first-order chi connectivity index (χ1) is 12.4. The maximum Gasteiger partial charge on any atom is 0.337 e. The van der Waals surface area contributed by atoms with E-state index in [1.807, 2.05) is 21.0 Å². The van der Waals surface area contributed by atoms with Gasteiger partial charge in [0.1, 0.15) is 0 Å². The second kappa shape index (κ2) is 9.15. The fourth-order valence-corrected chi connectivity index (χ4v) is 2.74. The van der Waals surface area contributed by atoms with Crippen molar-refractivity contribution in [2.24, 2.45) is 0 Å². The van der Waals surface area contributed by atoms with Crippen LogP contribution in [0.3, 0.4) is 0 Å². The Morgan fingerprint density at radius 1 is 0.923 bits per heavy atom.